The zero-order valence-corrected chi connectivity index (χ0v) is 16.2. The van der Waals surface area contributed by atoms with E-state index in [0.29, 0.717) is 32.3 Å². The Morgan fingerprint density at radius 3 is 2.78 bits per heavy atom. The molecule has 1 aliphatic rings. The predicted molar refractivity (Wildman–Crippen MR) is 104 cm³/mol. The molecule has 2 N–H and O–H groups in total. The van der Waals surface area contributed by atoms with Gasteiger partial charge in [-0.1, -0.05) is 12.1 Å². The lowest BCUT2D eigenvalue weighted by Gasteiger charge is -2.27. The molecule has 1 fully saturated rings. The zero-order valence-electron chi connectivity index (χ0n) is 13.9. The summed E-state index contributed by atoms with van der Waals surface area (Å²) in [6, 6.07) is 8.01. The Morgan fingerprint density at radius 1 is 1.35 bits per heavy atom. The zero-order chi connectivity index (χ0) is 15.8. The summed E-state index contributed by atoms with van der Waals surface area (Å²) in [5.41, 5.74) is 7.13. The van der Waals surface area contributed by atoms with Crippen LogP contribution in [0.1, 0.15) is 5.56 Å². The van der Waals surface area contributed by atoms with Gasteiger partial charge in [0.25, 0.3) is 0 Å². The number of guanidine groups is 1. The first kappa shape index (κ1) is 20.0. The number of aliphatic imine (C=N–C) groups is 1. The molecule has 0 amide bonds. The van der Waals surface area contributed by atoms with Gasteiger partial charge < -0.3 is 25.0 Å². The normalized spacial score (nSPS) is 15.4. The molecule has 0 bridgehead atoms. The highest BCUT2D eigenvalue weighted by atomic mass is 127. The number of ether oxygens (including phenoxy) is 2. The van der Waals surface area contributed by atoms with Crippen molar-refractivity contribution in [2.45, 2.75) is 6.54 Å². The van der Waals surface area contributed by atoms with E-state index in [-0.39, 0.29) is 24.0 Å². The standard InChI is InChI=1S/C16H26N4O2.HI/c1-19(2)6-11-22-15-5-3-4-14(12-15)13-18-16(17)20-7-9-21-10-8-20;/h3-5,12H,6-11,13H2,1-2H3,(H2,17,18);1H. The molecule has 1 saturated heterocycles. The van der Waals surface area contributed by atoms with Crippen LogP contribution in [-0.2, 0) is 11.3 Å². The van der Waals surface area contributed by atoms with Crippen molar-refractivity contribution in [1.29, 1.82) is 0 Å². The van der Waals surface area contributed by atoms with E-state index in [9.17, 15) is 0 Å². The van der Waals surface area contributed by atoms with E-state index < -0.39 is 0 Å². The van der Waals surface area contributed by atoms with Crippen molar-refractivity contribution in [3.05, 3.63) is 29.8 Å². The fourth-order valence-corrected chi connectivity index (χ4v) is 2.14. The Balaban J connectivity index is 0.00000264. The van der Waals surface area contributed by atoms with Crippen LogP contribution < -0.4 is 10.5 Å². The Hall–Kier alpha value is -1.06. The van der Waals surface area contributed by atoms with Crippen molar-refractivity contribution >= 4 is 29.9 Å². The molecule has 23 heavy (non-hydrogen) atoms. The van der Waals surface area contributed by atoms with Crippen LogP contribution in [0.25, 0.3) is 0 Å². The molecule has 1 aromatic carbocycles. The van der Waals surface area contributed by atoms with Crippen molar-refractivity contribution in [2.75, 3.05) is 53.6 Å². The fourth-order valence-electron chi connectivity index (χ4n) is 2.14. The highest BCUT2D eigenvalue weighted by Crippen LogP contribution is 2.14. The van der Waals surface area contributed by atoms with E-state index >= 15 is 0 Å². The molecule has 0 aromatic heterocycles. The van der Waals surface area contributed by atoms with Crippen molar-refractivity contribution in [3.63, 3.8) is 0 Å². The number of morpholine rings is 1. The van der Waals surface area contributed by atoms with Gasteiger partial charge in [0.2, 0.25) is 0 Å². The number of rotatable bonds is 6. The van der Waals surface area contributed by atoms with Gasteiger partial charge in [-0.15, -0.1) is 24.0 Å². The summed E-state index contributed by atoms with van der Waals surface area (Å²) in [5, 5.41) is 0. The second kappa shape index (κ2) is 10.7. The highest BCUT2D eigenvalue weighted by molar-refractivity contribution is 14.0. The number of halogens is 1. The summed E-state index contributed by atoms with van der Waals surface area (Å²) in [7, 11) is 4.06. The quantitative estimate of drug-likeness (QED) is 0.417. The van der Waals surface area contributed by atoms with Crippen LogP contribution >= 0.6 is 24.0 Å². The maximum atomic E-state index is 6.03. The lowest BCUT2D eigenvalue weighted by atomic mass is 10.2. The number of likely N-dealkylation sites (N-methyl/N-ethyl adjacent to an activating group) is 1. The molecule has 7 heteroatoms. The van der Waals surface area contributed by atoms with E-state index in [4.69, 9.17) is 15.2 Å². The van der Waals surface area contributed by atoms with Crippen molar-refractivity contribution in [1.82, 2.24) is 9.80 Å². The van der Waals surface area contributed by atoms with Crippen LogP contribution in [0.15, 0.2) is 29.3 Å². The molecule has 2 rings (SSSR count). The lowest BCUT2D eigenvalue weighted by Crippen LogP contribution is -2.44. The second-order valence-electron chi connectivity index (χ2n) is 5.57. The van der Waals surface area contributed by atoms with Gasteiger partial charge in [0, 0.05) is 19.6 Å². The third-order valence-corrected chi connectivity index (χ3v) is 3.46. The summed E-state index contributed by atoms with van der Waals surface area (Å²) in [5.74, 6) is 1.46. The molecule has 1 aromatic rings. The van der Waals surface area contributed by atoms with E-state index in [0.717, 1.165) is 30.9 Å². The number of nitrogens with two attached hydrogens (primary N) is 1. The maximum absolute atomic E-state index is 6.03. The number of hydrogen-bond acceptors (Lipinski definition) is 4. The fraction of sp³-hybridized carbons (Fsp3) is 0.562. The third kappa shape index (κ3) is 7.36. The van der Waals surface area contributed by atoms with E-state index in [1.165, 1.54) is 0 Å². The highest BCUT2D eigenvalue weighted by Gasteiger charge is 2.11. The van der Waals surface area contributed by atoms with E-state index in [1.807, 2.05) is 38.4 Å². The molecule has 0 radical (unpaired) electrons. The average molecular weight is 434 g/mol. The first-order valence-electron chi connectivity index (χ1n) is 7.64. The third-order valence-electron chi connectivity index (χ3n) is 3.46. The Morgan fingerprint density at radius 2 is 2.09 bits per heavy atom. The molecule has 130 valence electrons. The maximum Gasteiger partial charge on any atom is 0.191 e. The van der Waals surface area contributed by atoms with Crippen LogP contribution in [0.3, 0.4) is 0 Å². The minimum Gasteiger partial charge on any atom is -0.492 e. The Bertz CT molecular complexity index is 491. The van der Waals surface area contributed by atoms with Gasteiger partial charge in [0.15, 0.2) is 5.96 Å². The first-order chi connectivity index (χ1) is 10.6. The van der Waals surface area contributed by atoms with Crippen molar-refractivity contribution < 1.29 is 9.47 Å². The van der Waals surface area contributed by atoms with Gasteiger partial charge in [-0.25, -0.2) is 4.99 Å². The summed E-state index contributed by atoms with van der Waals surface area (Å²) in [6.07, 6.45) is 0. The van der Waals surface area contributed by atoms with Crippen LogP contribution in [-0.4, -0.2) is 69.3 Å². The summed E-state index contributed by atoms with van der Waals surface area (Å²) >= 11 is 0. The Labute approximate surface area is 155 Å². The van der Waals surface area contributed by atoms with Crippen LogP contribution in [0.4, 0.5) is 0 Å². The SMILES string of the molecule is CN(C)CCOc1cccc(CN=C(N)N2CCOCC2)c1.I. The second-order valence-corrected chi connectivity index (χ2v) is 5.57. The van der Waals surface area contributed by atoms with Crippen molar-refractivity contribution in [3.8, 4) is 5.75 Å². The van der Waals surface area contributed by atoms with Gasteiger partial charge in [0.05, 0.1) is 19.8 Å². The molecular weight excluding hydrogens is 407 g/mol. The molecule has 0 spiro atoms. The molecule has 0 atom stereocenters. The molecule has 1 aliphatic heterocycles. The van der Waals surface area contributed by atoms with Gasteiger partial charge >= 0.3 is 0 Å². The first-order valence-corrected chi connectivity index (χ1v) is 7.64. The molecular formula is C16H27IN4O2. The number of benzene rings is 1. The van der Waals surface area contributed by atoms with E-state index in [1.54, 1.807) is 0 Å². The average Bonchev–Trinajstić information content (AvgIpc) is 2.53. The number of nitrogens with zero attached hydrogens (tertiary/aromatic N) is 3. The molecule has 1 heterocycles. The van der Waals surface area contributed by atoms with E-state index in [2.05, 4.69) is 14.8 Å². The summed E-state index contributed by atoms with van der Waals surface area (Å²) in [4.78, 5) is 8.62. The van der Waals surface area contributed by atoms with Crippen molar-refractivity contribution in [2.24, 2.45) is 10.7 Å². The molecule has 0 unspecified atom stereocenters. The minimum atomic E-state index is 0. The van der Waals surface area contributed by atoms with Gasteiger partial charge in [-0.2, -0.15) is 0 Å². The summed E-state index contributed by atoms with van der Waals surface area (Å²) < 4.78 is 11.0. The van der Waals surface area contributed by atoms with Crippen LogP contribution in [0, 0.1) is 0 Å². The lowest BCUT2D eigenvalue weighted by molar-refractivity contribution is 0.0674. The topological polar surface area (TPSA) is 63.3 Å². The number of hydrogen-bond donors (Lipinski definition) is 1. The molecule has 6 nitrogen and oxygen atoms in total. The minimum absolute atomic E-state index is 0. The van der Waals surface area contributed by atoms with Crippen LogP contribution in [0.5, 0.6) is 5.75 Å². The predicted octanol–water partition coefficient (Wildman–Crippen LogP) is 1.39. The van der Waals surface area contributed by atoms with Gasteiger partial charge in [-0.3, -0.25) is 0 Å². The van der Waals surface area contributed by atoms with Gasteiger partial charge in [0.1, 0.15) is 12.4 Å². The summed E-state index contributed by atoms with van der Waals surface area (Å²) in [6.45, 7) is 5.18. The Kier molecular flexibility index (Phi) is 9.27. The smallest absolute Gasteiger partial charge is 0.191 e. The largest absolute Gasteiger partial charge is 0.492 e. The monoisotopic (exact) mass is 434 g/mol. The molecule has 0 aliphatic carbocycles. The van der Waals surface area contributed by atoms with Gasteiger partial charge in [-0.05, 0) is 31.8 Å². The van der Waals surface area contributed by atoms with Crippen LogP contribution in [0.2, 0.25) is 0 Å². The molecule has 0 saturated carbocycles.